The molecule has 100 valence electrons. The van der Waals surface area contributed by atoms with E-state index in [1.54, 1.807) is 10.8 Å². The van der Waals surface area contributed by atoms with Crippen LogP contribution in [0.15, 0.2) is 55.1 Å². The van der Waals surface area contributed by atoms with Gasteiger partial charge >= 0.3 is 0 Å². The van der Waals surface area contributed by atoms with Crippen molar-refractivity contribution in [2.45, 2.75) is 13.5 Å². The first-order valence-corrected chi connectivity index (χ1v) is 6.57. The van der Waals surface area contributed by atoms with Crippen LogP contribution in [0.25, 0.3) is 17.1 Å². The predicted octanol–water partition coefficient (Wildman–Crippen LogP) is 3.62. The summed E-state index contributed by atoms with van der Waals surface area (Å²) in [5, 5.41) is 0. The molecule has 0 amide bonds. The molecule has 0 aliphatic carbocycles. The summed E-state index contributed by atoms with van der Waals surface area (Å²) in [6.07, 6.45) is 1.71. The van der Waals surface area contributed by atoms with Crippen molar-refractivity contribution in [3.63, 3.8) is 0 Å². The number of hydrogen-bond donors (Lipinski definition) is 0. The maximum absolute atomic E-state index is 5.91. The van der Waals surface area contributed by atoms with Gasteiger partial charge in [-0.05, 0) is 30.2 Å². The van der Waals surface area contributed by atoms with Gasteiger partial charge < -0.3 is 4.84 Å². The maximum atomic E-state index is 5.91. The van der Waals surface area contributed by atoms with Crippen LogP contribution >= 0.6 is 0 Å². The van der Waals surface area contributed by atoms with Crippen LogP contribution in [0.2, 0.25) is 0 Å². The maximum Gasteiger partial charge on any atom is 0.168 e. The average molecular weight is 264 g/mol. The Bertz CT molecular complexity index is 744. The summed E-state index contributed by atoms with van der Waals surface area (Å²) in [4.78, 5) is 10.5. The molecule has 0 aliphatic rings. The summed E-state index contributed by atoms with van der Waals surface area (Å²) < 4.78 is 1.75. The highest BCUT2D eigenvalue weighted by atomic mass is 16.7. The Morgan fingerprint density at radius 1 is 1.15 bits per heavy atom. The van der Waals surface area contributed by atoms with Gasteiger partial charge in [-0.3, -0.25) is 0 Å². The van der Waals surface area contributed by atoms with E-state index in [-0.39, 0.29) is 0 Å². The van der Waals surface area contributed by atoms with Crippen molar-refractivity contribution in [2.75, 3.05) is 0 Å². The van der Waals surface area contributed by atoms with E-state index in [2.05, 4.69) is 11.6 Å². The third-order valence-electron chi connectivity index (χ3n) is 3.26. The van der Waals surface area contributed by atoms with Crippen molar-refractivity contribution in [1.29, 1.82) is 0 Å². The van der Waals surface area contributed by atoms with Crippen molar-refractivity contribution in [3.05, 3.63) is 72.1 Å². The monoisotopic (exact) mass is 264 g/mol. The standard InChI is InChI=1S/C17H16N2O/c1-3-16-18-17-13(2)8-7-11-15(17)19(16)20-12-14-9-5-4-6-10-14/h3-11H,1,12H2,2H3. The summed E-state index contributed by atoms with van der Waals surface area (Å²) in [5.74, 6) is 0.727. The van der Waals surface area contributed by atoms with Crippen molar-refractivity contribution < 1.29 is 4.84 Å². The lowest BCUT2D eigenvalue weighted by Crippen LogP contribution is -2.12. The summed E-state index contributed by atoms with van der Waals surface area (Å²) >= 11 is 0. The van der Waals surface area contributed by atoms with Crippen LogP contribution in [0.4, 0.5) is 0 Å². The molecule has 0 spiro atoms. The molecule has 1 aromatic heterocycles. The SMILES string of the molecule is C=Cc1nc2c(C)cccc2n1OCc1ccccc1. The molecule has 1 heterocycles. The Morgan fingerprint density at radius 3 is 2.70 bits per heavy atom. The fourth-order valence-corrected chi connectivity index (χ4v) is 2.21. The van der Waals surface area contributed by atoms with Gasteiger partial charge in [-0.2, -0.15) is 4.73 Å². The highest BCUT2D eigenvalue weighted by Crippen LogP contribution is 2.19. The van der Waals surface area contributed by atoms with Crippen molar-refractivity contribution in [1.82, 2.24) is 9.71 Å². The zero-order chi connectivity index (χ0) is 13.9. The number of para-hydroxylation sites is 1. The lowest BCUT2D eigenvalue weighted by atomic mass is 10.2. The first-order chi connectivity index (χ1) is 9.79. The van der Waals surface area contributed by atoms with Gasteiger partial charge in [0.05, 0.1) is 5.52 Å². The molecule has 0 bridgehead atoms. The van der Waals surface area contributed by atoms with Crippen LogP contribution in [-0.4, -0.2) is 9.71 Å². The van der Waals surface area contributed by atoms with Gasteiger partial charge in [-0.25, -0.2) is 4.98 Å². The zero-order valence-electron chi connectivity index (χ0n) is 11.4. The van der Waals surface area contributed by atoms with E-state index >= 15 is 0 Å². The summed E-state index contributed by atoms with van der Waals surface area (Å²) in [6.45, 7) is 6.35. The number of rotatable bonds is 4. The second-order valence-corrected chi connectivity index (χ2v) is 4.67. The fraction of sp³-hybridized carbons (Fsp3) is 0.118. The van der Waals surface area contributed by atoms with Gasteiger partial charge in [0.15, 0.2) is 5.82 Å². The molecule has 3 heteroatoms. The van der Waals surface area contributed by atoms with Gasteiger partial charge in [0.2, 0.25) is 0 Å². The van der Waals surface area contributed by atoms with E-state index in [4.69, 9.17) is 4.84 Å². The summed E-state index contributed by atoms with van der Waals surface area (Å²) in [6, 6.07) is 16.1. The normalized spacial score (nSPS) is 10.7. The van der Waals surface area contributed by atoms with Gasteiger partial charge in [0, 0.05) is 0 Å². The van der Waals surface area contributed by atoms with Crippen molar-refractivity contribution in [2.24, 2.45) is 0 Å². The second kappa shape index (κ2) is 5.21. The van der Waals surface area contributed by atoms with E-state index in [9.17, 15) is 0 Å². The Hall–Kier alpha value is -2.55. The molecule has 3 rings (SSSR count). The molecule has 3 nitrogen and oxygen atoms in total. The first-order valence-electron chi connectivity index (χ1n) is 6.57. The first kappa shape index (κ1) is 12.5. The molecular formula is C17H16N2O. The zero-order valence-corrected chi connectivity index (χ0v) is 11.4. The topological polar surface area (TPSA) is 27.1 Å². The number of hydrogen-bond acceptors (Lipinski definition) is 2. The molecule has 0 saturated carbocycles. The largest absolute Gasteiger partial charge is 0.407 e. The van der Waals surface area contributed by atoms with E-state index in [1.165, 1.54) is 0 Å². The minimum atomic E-state index is 0.501. The third-order valence-corrected chi connectivity index (χ3v) is 3.26. The minimum absolute atomic E-state index is 0.501. The molecule has 0 atom stereocenters. The summed E-state index contributed by atoms with van der Waals surface area (Å²) in [7, 11) is 0. The van der Waals surface area contributed by atoms with Crippen molar-refractivity contribution in [3.8, 4) is 0 Å². The van der Waals surface area contributed by atoms with Gasteiger partial charge in [-0.1, -0.05) is 49.0 Å². The highest BCUT2D eigenvalue weighted by Gasteiger charge is 2.10. The number of aryl methyl sites for hydroxylation is 1. The molecule has 20 heavy (non-hydrogen) atoms. The Kier molecular flexibility index (Phi) is 3.25. The van der Waals surface area contributed by atoms with E-state index < -0.39 is 0 Å². The van der Waals surface area contributed by atoms with Crippen LogP contribution in [0.1, 0.15) is 17.0 Å². The number of nitrogens with zero attached hydrogens (tertiary/aromatic N) is 2. The van der Waals surface area contributed by atoms with Crippen LogP contribution in [0, 0.1) is 6.92 Å². The van der Waals surface area contributed by atoms with Crippen LogP contribution in [0.3, 0.4) is 0 Å². The average Bonchev–Trinajstić information content (AvgIpc) is 2.85. The van der Waals surface area contributed by atoms with Gasteiger partial charge in [0.25, 0.3) is 0 Å². The molecule has 2 aromatic carbocycles. The number of fused-ring (bicyclic) bond motifs is 1. The van der Waals surface area contributed by atoms with E-state index in [1.807, 2.05) is 55.5 Å². The second-order valence-electron chi connectivity index (χ2n) is 4.67. The smallest absolute Gasteiger partial charge is 0.168 e. The lowest BCUT2D eigenvalue weighted by molar-refractivity contribution is 0.104. The predicted molar refractivity (Wildman–Crippen MR) is 81.3 cm³/mol. The summed E-state index contributed by atoms with van der Waals surface area (Å²) in [5.41, 5.74) is 4.18. The molecular weight excluding hydrogens is 248 g/mol. The number of imidazole rings is 1. The highest BCUT2D eigenvalue weighted by molar-refractivity contribution is 5.80. The molecule has 0 N–H and O–H groups in total. The quantitative estimate of drug-likeness (QED) is 0.719. The minimum Gasteiger partial charge on any atom is -0.407 e. The number of aromatic nitrogens is 2. The fourth-order valence-electron chi connectivity index (χ4n) is 2.21. The third kappa shape index (κ3) is 2.18. The molecule has 0 saturated heterocycles. The molecule has 0 unspecified atom stereocenters. The van der Waals surface area contributed by atoms with Gasteiger partial charge in [-0.15, -0.1) is 0 Å². The van der Waals surface area contributed by atoms with Crippen molar-refractivity contribution >= 4 is 17.1 Å². The van der Waals surface area contributed by atoms with Gasteiger partial charge in [0.1, 0.15) is 12.1 Å². The van der Waals surface area contributed by atoms with Crippen LogP contribution < -0.4 is 4.84 Å². The Morgan fingerprint density at radius 2 is 1.95 bits per heavy atom. The van der Waals surface area contributed by atoms with E-state index in [0.717, 1.165) is 28.0 Å². The number of benzene rings is 2. The molecule has 0 radical (unpaired) electrons. The molecule has 0 fully saturated rings. The van der Waals surface area contributed by atoms with Crippen LogP contribution in [0.5, 0.6) is 0 Å². The molecule has 3 aromatic rings. The lowest BCUT2D eigenvalue weighted by Gasteiger charge is -2.09. The Labute approximate surface area is 118 Å². The van der Waals surface area contributed by atoms with Crippen LogP contribution in [-0.2, 0) is 6.61 Å². The molecule has 0 aliphatic heterocycles. The van der Waals surface area contributed by atoms with E-state index in [0.29, 0.717) is 6.61 Å². The Balaban J connectivity index is 1.98.